The minimum Gasteiger partial charge on any atom is -0.497 e. The number of methoxy groups -OCH3 is 2. The molecule has 1 fully saturated rings. The number of hydrogen-bond acceptors (Lipinski definition) is 6. The number of benzene rings is 1. The van der Waals surface area contributed by atoms with E-state index < -0.39 is 0 Å². The van der Waals surface area contributed by atoms with Gasteiger partial charge in [0.15, 0.2) is 0 Å². The molecule has 164 valence electrons. The van der Waals surface area contributed by atoms with Crippen LogP contribution in [0.25, 0.3) is 0 Å². The van der Waals surface area contributed by atoms with Gasteiger partial charge in [0, 0.05) is 63.6 Å². The van der Waals surface area contributed by atoms with Crippen molar-refractivity contribution in [3.8, 4) is 11.5 Å². The Morgan fingerprint density at radius 1 is 1.10 bits per heavy atom. The molecular weight excluding hydrogens is 382 g/mol. The van der Waals surface area contributed by atoms with Gasteiger partial charge in [0.1, 0.15) is 17.3 Å². The smallest absolute Gasteiger partial charge is 0.238 e. The summed E-state index contributed by atoms with van der Waals surface area (Å²) in [6, 6.07) is 5.37. The Morgan fingerprint density at radius 2 is 1.83 bits per heavy atom. The highest BCUT2D eigenvalue weighted by molar-refractivity contribution is 5.94. The highest BCUT2D eigenvalue weighted by Crippen LogP contribution is 2.28. The largest absolute Gasteiger partial charge is 0.497 e. The number of rotatable bonds is 9. The Hall–Kier alpha value is -2.58. The van der Waals surface area contributed by atoms with Gasteiger partial charge in [-0.2, -0.15) is 0 Å². The van der Waals surface area contributed by atoms with Crippen LogP contribution in [0.5, 0.6) is 11.5 Å². The zero-order valence-corrected chi connectivity index (χ0v) is 18.4. The minimum absolute atomic E-state index is 0.0463. The van der Waals surface area contributed by atoms with E-state index in [2.05, 4.69) is 44.7 Å². The fourth-order valence-electron chi connectivity index (χ4n) is 3.74. The van der Waals surface area contributed by atoms with E-state index in [0.717, 1.165) is 45.1 Å². The number of hydrogen-bond donors (Lipinski definition) is 1. The molecule has 1 aliphatic rings. The molecule has 0 saturated carbocycles. The topological polar surface area (TPSA) is 71.9 Å². The first kappa shape index (κ1) is 22.1. The minimum atomic E-state index is -0.0463. The second kappa shape index (κ2) is 10.4. The Morgan fingerprint density at radius 3 is 2.50 bits per heavy atom. The maximum Gasteiger partial charge on any atom is 0.238 e. The van der Waals surface area contributed by atoms with Gasteiger partial charge in [-0.1, -0.05) is 13.8 Å². The van der Waals surface area contributed by atoms with Crippen molar-refractivity contribution in [3.05, 3.63) is 36.4 Å². The van der Waals surface area contributed by atoms with Crippen molar-refractivity contribution >= 4 is 11.6 Å². The lowest BCUT2D eigenvalue weighted by atomic mass is 10.2. The number of nitrogens with one attached hydrogen (secondary N) is 1. The lowest BCUT2D eigenvalue weighted by molar-refractivity contribution is -0.117. The maximum atomic E-state index is 12.5. The summed E-state index contributed by atoms with van der Waals surface area (Å²) in [5.74, 6) is 2.82. The van der Waals surface area contributed by atoms with E-state index in [0.29, 0.717) is 29.6 Å². The van der Waals surface area contributed by atoms with Gasteiger partial charge in [-0.3, -0.25) is 14.6 Å². The van der Waals surface area contributed by atoms with E-state index in [4.69, 9.17) is 9.47 Å². The van der Waals surface area contributed by atoms with Gasteiger partial charge in [-0.15, -0.1) is 0 Å². The summed E-state index contributed by atoms with van der Waals surface area (Å²) in [4.78, 5) is 21.6. The fraction of sp³-hybridized carbons (Fsp3) is 0.545. The first-order chi connectivity index (χ1) is 14.5. The van der Waals surface area contributed by atoms with E-state index in [1.54, 1.807) is 26.4 Å². The number of anilines is 1. The van der Waals surface area contributed by atoms with E-state index in [1.807, 2.05) is 12.3 Å². The van der Waals surface area contributed by atoms with Gasteiger partial charge in [0.25, 0.3) is 0 Å². The van der Waals surface area contributed by atoms with Gasteiger partial charge in [0.05, 0.1) is 26.5 Å². The third-order valence-corrected chi connectivity index (χ3v) is 5.43. The molecule has 1 N–H and O–H groups in total. The van der Waals surface area contributed by atoms with E-state index in [-0.39, 0.29) is 5.91 Å². The number of amides is 1. The molecule has 8 nitrogen and oxygen atoms in total. The standard InChI is InChI=1S/C22H33N5O3/c1-17(2)22-23-7-8-27(22)14-13-25-9-11-26(12-10-25)16-21(28)24-19-15-18(29-3)5-6-20(19)30-4/h5-8,15,17H,9-14,16H2,1-4H3,(H,24,28). The van der Waals surface area contributed by atoms with Crippen molar-refractivity contribution in [1.82, 2.24) is 19.4 Å². The van der Waals surface area contributed by atoms with Gasteiger partial charge >= 0.3 is 0 Å². The van der Waals surface area contributed by atoms with Gasteiger partial charge in [-0.25, -0.2) is 4.98 Å². The quantitative estimate of drug-likeness (QED) is 0.678. The normalized spacial score (nSPS) is 15.4. The van der Waals surface area contributed by atoms with E-state index in [1.165, 1.54) is 0 Å². The van der Waals surface area contributed by atoms with Crippen LogP contribution < -0.4 is 14.8 Å². The van der Waals surface area contributed by atoms with E-state index in [9.17, 15) is 4.79 Å². The molecule has 0 radical (unpaired) electrons. The lowest BCUT2D eigenvalue weighted by Crippen LogP contribution is -2.49. The molecule has 1 saturated heterocycles. The average molecular weight is 416 g/mol. The molecule has 1 amide bonds. The molecule has 1 aliphatic heterocycles. The van der Waals surface area contributed by atoms with Crippen molar-refractivity contribution in [2.24, 2.45) is 0 Å². The summed E-state index contributed by atoms with van der Waals surface area (Å²) in [5, 5.41) is 2.95. The highest BCUT2D eigenvalue weighted by Gasteiger charge is 2.20. The van der Waals surface area contributed by atoms with Crippen LogP contribution in [-0.4, -0.2) is 78.7 Å². The number of carbonyl (C=O) groups excluding carboxylic acids is 1. The molecule has 0 spiro atoms. The molecule has 0 unspecified atom stereocenters. The molecule has 1 aromatic carbocycles. The van der Waals surface area contributed by atoms with Crippen LogP contribution in [0.1, 0.15) is 25.6 Å². The number of imidazole rings is 1. The molecule has 0 atom stereocenters. The first-order valence-corrected chi connectivity index (χ1v) is 10.5. The lowest BCUT2D eigenvalue weighted by Gasteiger charge is -2.34. The molecule has 3 rings (SSSR count). The van der Waals surface area contributed by atoms with Crippen molar-refractivity contribution in [2.75, 3.05) is 58.8 Å². The van der Waals surface area contributed by atoms with E-state index >= 15 is 0 Å². The Kier molecular flexibility index (Phi) is 7.70. The molecular formula is C22H33N5O3. The van der Waals surface area contributed by atoms with Crippen LogP contribution in [-0.2, 0) is 11.3 Å². The van der Waals surface area contributed by atoms with Crippen LogP contribution in [0.15, 0.2) is 30.6 Å². The summed E-state index contributed by atoms with van der Waals surface area (Å²) < 4.78 is 12.8. The van der Waals surface area contributed by atoms with Gasteiger partial charge in [-0.05, 0) is 12.1 Å². The SMILES string of the molecule is COc1ccc(OC)c(NC(=O)CN2CCN(CCn3ccnc3C(C)C)CC2)c1. The third-order valence-electron chi connectivity index (χ3n) is 5.43. The molecule has 30 heavy (non-hydrogen) atoms. The molecule has 0 aliphatic carbocycles. The summed E-state index contributed by atoms with van der Waals surface area (Å²) in [5.41, 5.74) is 0.627. The fourth-order valence-corrected chi connectivity index (χ4v) is 3.74. The summed E-state index contributed by atoms with van der Waals surface area (Å²) in [6.07, 6.45) is 3.94. The maximum absolute atomic E-state index is 12.5. The van der Waals surface area contributed by atoms with Crippen molar-refractivity contribution < 1.29 is 14.3 Å². The van der Waals surface area contributed by atoms with Gasteiger partial charge in [0.2, 0.25) is 5.91 Å². The van der Waals surface area contributed by atoms with Crippen LogP contribution in [0, 0.1) is 0 Å². The number of aromatic nitrogens is 2. The summed E-state index contributed by atoms with van der Waals surface area (Å²) in [6.45, 7) is 10.3. The first-order valence-electron chi connectivity index (χ1n) is 10.5. The number of piperazine rings is 1. The molecule has 2 aromatic rings. The Labute approximate surface area is 178 Å². The second-order valence-electron chi connectivity index (χ2n) is 7.87. The molecule has 2 heterocycles. The molecule has 1 aromatic heterocycles. The number of ether oxygens (including phenoxy) is 2. The highest BCUT2D eigenvalue weighted by atomic mass is 16.5. The summed E-state index contributed by atoms with van der Waals surface area (Å²) >= 11 is 0. The third kappa shape index (κ3) is 5.73. The molecule has 8 heteroatoms. The zero-order chi connectivity index (χ0) is 21.5. The predicted molar refractivity (Wildman–Crippen MR) is 117 cm³/mol. The van der Waals surface area contributed by atoms with Crippen molar-refractivity contribution in [1.29, 1.82) is 0 Å². The Bertz CT molecular complexity index is 828. The number of carbonyl (C=O) groups is 1. The van der Waals surface area contributed by atoms with Crippen LogP contribution in [0.3, 0.4) is 0 Å². The van der Waals surface area contributed by atoms with Crippen molar-refractivity contribution in [2.45, 2.75) is 26.3 Å². The van der Waals surface area contributed by atoms with Crippen LogP contribution in [0.4, 0.5) is 5.69 Å². The zero-order valence-electron chi connectivity index (χ0n) is 18.4. The van der Waals surface area contributed by atoms with Crippen molar-refractivity contribution in [3.63, 3.8) is 0 Å². The van der Waals surface area contributed by atoms with Gasteiger partial charge < -0.3 is 19.4 Å². The molecule has 0 bridgehead atoms. The Balaban J connectivity index is 1.44. The second-order valence-corrected chi connectivity index (χ2v) is 7.87. The van der Waals surface area contributed by atoms with Crippen LogP contribution in [0.2, 0.25) is 0 Å². The predicted octanol–water partition coefficient (Wildman–Crippen LogP) is 2.28. The average Bonchev–Trinajstić information content (AvgIpc) is 3.22. The van der Waals surface area contributed by atoms with Crippen LogP contribution >= 0.6 is 0 Å². The monoisotopic (exact) mass is 415 g/mol. The summed E-state index contributed by atoms with van der Waals surface area (Å²) in [7, 11) is 3.19. The number of nitrogens with zero attached hydrogens (tertiary/aromatic N) is 4.